The van der Waals surface area contributed by atoms with Crippen LogP contribution in [0.5, 0.6) is 5.75 Å². The molecule has 0 aliphatic carbocycles. The molecular weight excluding hydrogens is 411 g/mol. The van der Waals surface area contributed by atoms with Crippen LogP contribution in [0.4, 0.5) is 0 Å². The second kappa shape index (κ2) is 9.81. The number of amides is 1. The lowest BCUT2D eigenvalue weighted by atomic mass is 9.96. The molecule has 156 valence electrons. The first-order chi connectivity index (χ1) is 13.8. The quantitative estimate of drug-likeness (QED) is 0.723. The number of nitrogens with zero attached hydrogens (tertiary/aromatic N) is 2. The Bertz CT molecular complexity index is 854. The molecule has 1 aliphatic heterocycles. The number of benzene rings is 2. The Morgan fingerprint density at radius 3 is 2.45 bits per heavy atom. The fraction of sp³-hybridized carbons (Fsp3) is 0.409. The van der Waals surface area contributed by atoms with E-state index in [1.54, 1.807) is 30.3 Å². The Balaban J connectivity index is 1.48. The molecule has 0 aromatic heterocycles. The van der Waals surface area contributed by atoms with Crippen LogP contribution in [0.1, 0.15) is 24.2 Å². The van der Waals surface area contributed by atoms with Gasteiger partial charge in [0.05, 0.1) is 22.6 Å². The highest BCUT2D eigenvalue weighted by molar-refractivity contribution is 6.42. The highest BCUT2D eigenvalue weighted by atomic mass is 35.5. The highest BCUT2D eigenvalue weighted by Crippen LogP contribution is 2.26. The first-order valence-corrected chi connectivity index (χ1v) is 10.5. The van der Waals surface area contributed by atoms with Crippen molar-refractivity contribution >= 4 is 29.1 Å². The fourth-order valence-electron chi connectivity index (χ4n) is 3.66. The number of rotatable bonds is 6. The van der Waals surface area contributed by atoms with Crippen LogP contribution in [-0.2, 0) is 11.2 Å². The minimum Gasteiger partial charge on any atom is -0.508 e. The summed E-state index contributed by atoms with van der Waals surface area (Å²) in [7, 11) is 0. The number of hydrogen-bond donors (Lipinski definition) is 2. The fourth-order valence-corrected chi connectivity index (χ4v) is 3.98. The molecule has 0 saturated carbocycles. The zero-order valence-electron chi connectivity index (χ0n) is 16.4. The average Bonchev–Trinajstić information content (AvgIpc) is 2.70. The van der Waals surface area contributed by atoms with E-state index in [0.717, 1.165) is 25.2 Å². The van der Waals surface area contributed by atoms with Crippen molar-refractivity contribution in [3.63, 3.8) is 0 Å². The molecule has 1 fully saturated rings. The van der Waals surface area contributed by atoms with Gasteiger partial charge in [0.25, 0.3) is 0 Å². The number of aromatic hydroxyl groups is 1. The summed E-state index contributed by atoms with van der Waals surface area (Å²) < 4.78 is 0. The van der Waals surface area contributed by atoms with Gasteiger partial charge in [-0.1, -0.05) is 48.3 Å². The number of carbonyl (C=O) groups excluding carboxylic acids is 1. The van der Waals surface area contributed by atoms with Crippen molar-refractivity contribution in [2.75, 3.05) is 32.7 Å². The number of piperazine rings is 1. The highest BCUT2D eigenvalue weighted by Gasteiger charge is 2.25. The van der Waals surface area contributed by atoms with Crippen LogP contribution >= 0.6 is 23.2 Å². The van der Waals surface area contributed by atoms with Crippen molar-refractivity contribution in [1.29, 1.82) is 0 Å². The van der Waals surface area contributed by atoms with Gasteiger partial charge in [-0.05, 0) is 41.3 Å². The summed E-state index contributed by atoms with van der Waals surface area (Å²) in [4.78, 5) is 16.7. The molecule has 2 unspecified atom stereocenters. The second-order valence-corrected chi connectivity index (χ2v) is 8.44. The number of hydrogen-bond acceptors (Lipinski definition) is 4. The van der Waals surface area contributed by atoms with E-state index in [1.807, 2.05) is 24.0 Å². The van der Waals surface area contributed by atoms with Crippen LogP contribution in [0.2, 0.25) is 10.0 Å². The molecule has 0 spiro atoms. The number of halogens is 2. The molecule has 7 heteroatoms. The van der Waals surface area contributed by atoms with Gasteiger partial charge in [-0.15, -0.1) is 0 Å². The Morgan fingerprint density at radius 2 is 1.79 bits per heavy atom. The summed E-state index contributed by atoms with van der Waals surface area (Å²) in [6.07, 6.45) is -0.333. The van der Waals surface area contributed by atoms with E-state index in [9.17, 15) is 15.0 Å². The van der Waals surface area contributed by atoms with Gasteiger partial charge < -0.3 is 15.1 Å². The minimum atomic E-state index is -0.642. The van der Waals surface area contributed by atoms with Crippen molar-refractivity contribution in [1.82, 2.24) is 9.80 Å². The van der Waals surface area contributed by atoms with E-state index < -0.39 is 6.10 Å². The molecule has 1 saturated heterocycles. The van der Waals surface area contributed by atoms with E-state index in [-0.39, 0.29) is 17.6 Å². The van der Waals surface area contributed by atoms with Crippen molar-refractivity contribution in [2.24, 2.45) is 5.92 Å². The van der Waals surface area contributed by atoms with Crippen LogP contribution in [-0.4, -0.2) is 58.6 Å². The van der Waals surface area contributed by atoms with E-state index in [4.69, 9.17) is 23.2 Å². The lowest BCUT2D eigenvalue weighted by molar-refractivity contribution is -0.132. The maximum Gasteiger partial charge on any atom is 0.227 e. The normalized spacial score (nSPS) is 17.2. The third kappa shape index (κ3) is 5.86. The maximum absolute atomic E-state index is 12.6. The molecule has 1 heterocycles. The molecule has 1 amide bonds. The largest absolute Gasteiger partial charge is 0.508 e. The monoisotopic (exact) mass is 436 g/mol. The number of aliphatic hydroxyl groups is 1. The minimum absolute atomic E-state index is 0.00950. The van der Waals surface area contributed by atoms with Crippen molar-refractivity contribution in [3.8, 4) is 5.75 Å². The molecule has 2 aromatic rings. The molecular formula is C22H26Cl2N2O3. The molecule has 0 bridgehead atoms. The predicted octanol–water partition coefficient (Wildman–Crippen LogP) is 3.76. The van der Waals surface area contributed by atoms with Gasteiger partial charge >= 0.3 is 0 Å². The van der Waals surface area contributed by atoms with Crippen molar-refractivity contribution in [3.05, 3.63) is 63.6 Å². The third-order valence-electron chi connectivity index (χ3n) is 5.36. The second-order valence-electron chi connectivity index (χ2n) is 7.62. The first kappa shape index (κ1) is 21.9. The summed E-state index contributed by atoms with van der Waals surface area (Å²) in [5.74, 6) is 0.244. The summed E-state index contributed by atoms with van der Waals surface area (Å²) in [5.41, 5.74) is 1.57. The maximum atomic E-state index is 12.6. The SMILES string of the molecule is CC(CN1CCN(C(=O)Cc2ccc(Cl)c(Cl)c2)CC1)C(O)c1cccc(O)c1. The molecule has 5 nitrogen and oxygen atoms in total. The van der Waals surface area contributed by atoms with Crippen molar-refractivity contribution in [2.45, 2.75) is 19.4 Å². The molecule has 29 heavy (non-hydrogen) atoms. The van der Waals surface area contributed by atoms with Gasteiger partial charge in [0.1, 0.15) is 5.75 Å². The standard InChI is InChI=1S/C22H26Cl2N2O3/c1-15(22(29)17-3-2-4-18(27)13-17)14-25-7-9-26(10-8-25)21(28)12-16-5-6-19(23)20(24)11-16/h2-6,11,13,15,22,27,29H,7-10,12,14H2,1H3. The smallest absolute Gasteiger partial charge is 0.227 e. The zero-order chi connectivity index (χ0) is 21.0. The number of aliphatic hydroxyl groups excluding tert-OH is 1. The molecule has 1 aliphatic rings. The Hall–Kier alpha value is -1.79. The third-order valence-corrected chi connectivity index (χ3v) is 6.10. The van der Waals surface area contributed by atoms with E-state index in [2.05, 4.69) is 4.90 Å². The van der Waals surface area contributed by atoms with E-state index >= 15 is 0 Å². The lowest BCUT2D eigenvalue weighted by Crippen LogP contribution is -2.50. The van der Waals surface area contributed by atoms with Gasteiger partial charge in [0, 0.05) is 32.7 Å². The Labute approximate surface area is 181 Å². The van der Waals surface area contributed by atoms with Gasteiger partial charge in [0.15, 0.2) is 0 Å². The summed E-state index contributed by atoms with van der Waals surface area (Å²) in [6.45, 7) is 5.58. The van der Waals surface area contributed by atoms with E-state index in [0.29, 0.717) is 35.1 Å². The van der Waals surface area contributed by atoms with Crippen LogP contribution in [0, 0.1) is 5.92 Å². The van der Waals surface area contributed by atoms with Gasteiger partial charge in [-0.2, -0.15) is 0 Å². The summed E-state index contributed by atoms with van der Waals surface area (Å²) in [6, 6.07) is 12.0. The molecule has 2 atom stereocenters. The summed E-state index contributed by atoms with van der Waals surface area (Å²) >= 11 is 12.0. The zero-order valence-corrected chi connectivity index (χ0v) is 17.9. The van der Waals surface area contributed by atoms with Crippen LogP contribution in [0.15, 0.2) is 42.5 Å². The van der Waals surface area contributed by atoms with Crippen LogP contribution in [0.25, 0.3) is 0 Å². The summed E-state index contributed by atoms with van der Waals surface area (Å²) in [5, 5.41) is 21.1. The van der Waals surface area contributed by atoms with Crippen LogP contribution in [0.3, 0.4) is 0 Å². The van der Waals surface area contributed by atoms with Gasteiger partial charge in [0.2, 0.25) is 5.91 Å². The van der Waals surface area contributed by atoms with Gasteiger partial charge in [-0.25, -0.2) is 0 Å². The molecule has 0 radical (unpaired) electrons. The number of carbonyl (C=O) groups is 1. The first-order valence-electron chi connectivity index (χ1n) is 9.74. The number of phenolic OH excluding ortho intramolecular Hbond substituents is 1. The molecule has 2 N–H and O–H groups in total. The van der Waals surface area contributed by atoms with Crippen LogP contribution < -0.4 is 0 Å². The predicted molar refractivity (Wildman–Crippen MR) is 115 cm³/mol. The van der Waals surface area contributed by atoms with Gasteiger partial charge in [-0.3, -0.25) is 9.69 Å². The average molecular weight is 437 g/mol. The molecule has 2 aromatic carbocycles. The van der Waals surface area contributed by atoms with E-state index in [1.165, 1.54) is 0 Å². The van der Waals surface area contributed by atoms with Crippen molar-refractivity contribution < 1.29 is 15.0 Å². The molecule has 3 rings (SSSR count). The topological polar surface area (TPSA) is 64.0 Å². The Kier molecular flexibility index (Phi) is 7.41. The lowest BCUT2D eigenvalue weighted by Gasteiger charge is -2.36. The Morgan fingerprint density at radius 1 is 1.07 bits per heavy atom. The number of phenols is 1.